The molecule has 2 rings (SSSR count). The molecule has 19 heavy (non-hydrogen) atoms. The second-order valence-corrected chi connectivity index (χ2v) is 5.35. The van der Waals surface area contributed by atoms with Gasteiger partial charge in [0.2, 0.25) is 5.28 Å². The van der Waals surface area contributed by atoms with Crippen LogP contribution < -0.4 is 0 Å². The third-order valence-corrected chi connectivity index (χ3v) is 4.17. The van der Waals surface area contributed by atoms with Crippen LogP contribution in [0.3, 0.4) is 0 Å². The summed E-state index contributed by atoms with van der Waals surface area (Å²) in [5.74, 6) is 0.449. The van der Waals surface area contributed by atoms with Crippen LogP contribution in [0.5, 0.6) is 0 Å². The molecule has 0 spiro atoms. The van der Waals surface area contributed by atoms with Crippen LogP contribution in [0.15, 0.2) is 12.1 Å². The second-order valence-electron chi connectivity index (χ2n) is 4.60. The van der Waals surface area contributed by atoms with Crippen molar-refractivity contribution in [2.24, 2.45) is 0 Å². The Balaban J connectivity index is 2.73. The number of fused-ring (bicyclic) bond motifs is 1. The van der Waals surface area contributed by atoms with Crippen LogP contribution in [0, 0.1) is 0 Å². The fourth-order valence-corrected chi connectivity index (χ4v) is 3.02. The monoisotopic (exact) mass is 300 g/mol. The smallest absolute Gasteiger partial charge is 0.203 e. The quantitative estimate of drug-likeness (QED) is 0.897. The molecule has 0 bridgehead atoms. The third-order valence-electron chi connectivity index (χ3n) is 3.58. The van der Waals surface area contributed by atoms with Crippen molar-refractivity contribution >= 4 is 34.2 Å². The van der Waals surface area contributed by atoms with Crippen LogP contribution in [-0.2, 0) is 6.54 Å². The Labute approximate surface area is 123 Å². The summed E-state index contributed by atoms with van der Waals surface area (Å²) in [5.41, 5.74) is 2.89. The van der Waals surface area contributed by atoms with E-state index in [-0.39, 0.29) is 6.61 Å². The molecule has 0 saturated carbocycles. The fraction of sp³-hybridized carbons (Fsp3) is 0.500. The van der Waals surface area contributed by atoms with Crippen molar-refractivity contribution in [3.63, 3.8) is 0 Å². The van der Waals surface area contributed by atoms with Gasteiger partial charge in [0.25, 0.3) is 0 Å². The maximum Gasteiger partial charge on any atom is 0.203 e. The number of halogens is 2. The molecule has 1 aromatic carbocycles. The zero-order valence-corrected chi connectivity index (χ0v) is 12.7. The van der Waals surface area contributed by atoms with Gasteiger partial charge in [-0.2, -0.15) is 0 Å². The zero-order valence-electron chi connectivity index (χ0n) is 11.2. The highest BCUT2D eigenvalue weighted by molar-refractivity contribution is 6.36. The van der Waals surface area contributed by atoms with E-state index in [2.05, 4.69) is 18.8 Å². The molecule has 0 amide bonds. The number of aliphatic hydroxyl groups excluding tert-OH is 1. The Morgan fingerprint density at radius 3 is 2.53 bits per heavy atom. The topological polar surface area (TPSA) is 38.0 Å². The number of benzene rings is 1. The van der Waals surface area contributed by atoms with E-state index in [0.29, 0.717) is 22.8 Å². The first-order valence-electron chi connectivity index (χ1n) is 6.58. The van der Waals surface area contributed by atoms with Gasteiger partial charge in [0.15, 0.2) is 0 Å². The summed E-state index contributed by atoms with van der Waals surface area (Å²) in [4.78, 5) is 4.33. The second kappa shape index (κ2) is 6.12. The Morgan fingerprint density at radius 2 is 1.95 bits per heavy atom. The van der Waals surface area contributed by atoms with E-state index in [1.165, 1.54) is 5.56 Å². The van der Waals surface area contributed by atoms with Gasteiger partial charge in [-0.25, -0.2) is 4.98 Å². The highest BCUT2D eigenvalue weighted by Crippen LogP contribution is 2.35. The van der Waals surface area contributed by atoms with Crippen molar-refractivity contribution in [2.45, 2.75) is 39.2 Å². The molecular formula is C14H18Cl2N2O. The Morgan fingerprint density at radius 1 is 1.26 bits per heavy atom. The van der Waals surface area contributed by atoms with Gasteiger partial charge in [0.1, 0.15) is 5.52 Å². The first kappa shape index (κ1) is 14.6. The van der Waals surface area contributed by atoms with Crippen molar-refractivity contribution in [1.29, 1.82) is 0 Å². The SMILES string of the molecule is CCC(CC)c1ccc(Cl)c2nc(Cl)n(CCO)c12. The third kappa shape index (κ3) is 2.60. The lowest BCUT2D eigenvalue weighted by Gasteiger charge is -2.16. The summed E-state index contributed by atoms with van der Waals surface area (Å²) in [7, 11) is 0. The lowest BCUT2D eigenvalue weighted by molar-refractivity contribution is 0.278. The minimum atomic E-state index is 0.0278. The van der Waals surface area contributed by atoms with Gasteiger partial charge in [0, 0.05) is 6.54 Å². The Bertz CT molecular complexity index is 576. The van der Waals surface area contributed by atoms with Crippen molar-refractivity contribution in [1.82, 2.24) is 9.55 Å². The van der Waals surface area contributed by atoms with Gasteiger partial charge < -0.3 is 9.67 Å². The molecule has 1 aromatic heterocycles. The van der Waals surface area contributed by atoms with E-state index in [1.807, 2.05) is 16.7 Å². The normalized spacial score (nSPS) is 11.7. The number of rotatable bonds is 5. The first-order chi connectivity index (χ1) is 9.13. The average Bonchev–Trinajstić information content (AvgIpc) is 2.73. The number of aromatic nitrogens is 2. The molecule has 0 radical (unpaired) electrons. The van der Waals surface area contributed by atoms with Crippen LogP contribution in [-0.4, -0.2) is 21.3 Å². The highest BCUT2D eigenvalue weighted by atomic mass is 35.5. The summed E-state index contributed by atoms with van der Waals surface area (Å²) in [6.07, 6.45) is 2.10. The molecule has 0 aliphatic rings. The van der Waals surface area contributed by atoms with Crippen molar-refractivity contribution in [2.75, 3.05) is 6.61 Å². The lowest BCUT2D eigenvalue weighted by atomic mass is 9.93. The Hall–Kier alpha value is -0.770. The summed E-state index contributed by atoms with van der Waals surface area (Å²) in [5, 5.41) is 10.2. The van der Waals surface area contributed by atoms with E-state index in [4.69, 9.17) is 23.2 Å². The average molecular weight is 301 g/mol. The Kier molecular flexibility index (Phi) is 4.71. The molecule has 0 unspecified atom stereocenters. The van der Waals surface area contributed by atoms with Crippen LogP contribution >= 0.6 is 23.2 Å². The highest BCUT2D eigenvalue weighted by Gasteiger charge is 2.19. The van der Waals surface area contributed by atoms with Gasteiger partial charge in [0.05, 0.1) is 17.1 Å². The summed E-state index contributed by atoms with van der Waals surface area (Å²) in [6, 6.07) is 3.93. The van der Waals surface area contributed by atoms with E-state index in [1.54, 1.807) is 0 Å². The van der Waals surface area contributed by atoms with Gasteiger partial charge in [-0.3, -0.25) is 0 Å². The molecule has 0 aliphatic heterocycles. The largest absolute Gasteiger partial charge is 0.395 e. The number of nitrogens with zero attached hydrogens (tertiary/aromatic N) is 2. The molecule has 2 aromatic rings. The van der Waals surface area contributed by atoms with Crippen LogP contribution in [0.2, 0.25) is 10.3 Å². The number of hydrogen-bond donors (Lipinski definition) is 1. The van der Waals surface area contributed by atoms with Gasteiger partial charge >= 0.3 is 0 Å². The van der Waals surface area contributed by atoms with Crippen LogP contribution in [0.25, 0.3) is 11.0 Å². The molecule has 0 aliphatic carbocycles. The van der Waals surface area contributed by atoms with Crippen LogP contribution in [0.1, 0.15) is 38.2 Å². The van der Waals surface area contributed by atoms with Gasteiger partial charge in [-0.15, -0.1) is 0 Å². The zero-order chi connectivity index (χ0) is 14.0. The van der Waals surface area contributed by atoms with Gasteiger partial charge in [-0.05, 0) is 42.0 Å². The molecule has 0 saturated heterocycles. The molecule has 3 nitrogen and oxygen atoms in total. The predicted molar refractivity (Wildman–Crippen MR) is 80.2 cm³/mol. The maximum atomic E-state index is 9.19. The van der Waals surface area contributed by atoms with E-state index in [9.17, 15) is 5.11 Å². The molecule has 0 atom stereocenters. The summed E-state index contributed by atoms with van der Waals surface area (Å²) < 4.78 is 1.84. The minimum Gasteiger partial charge on any atom is -0.395 e. The molecule has 1 heterocycles. The molecule has 1 N–H and O–H groups in total. The van der Waals surface area contributed by atoms with E-state index < -0.39 is 0 Å². The molecule has 5 heteroatoms. The van der Waals surface area contributed by atoms with E-state index >= 15 is 0 Å². The lowest BCUT2D eigenvalue weighted by Crippen LogP contribution is -2.06. The van der Waals surface area contributed by atoms with Crippen LogP contribution in [0.4, 0.5) is 0 Å². The summed E-state index contributed by atoms with van der Waals surface area (Å²) >= 11 is 12.4. The molecule has 104 valence electrons. The first-order valence-corrected chi connectivity index (χ1v) is 7.34. The van der Waals surface area contributed by atoms with Crippen molar-refractivity contribution < 1.29 is 5.11 Å². The van der Waals surface area contributed by atoms with Gasteiger partial charge in [-0.1, -0.05) is 31.5 Å². The van der Waals surface area contributed by atoms with E-state index in [0.717, 1.165) is 23.9 Å². The fourth-order valence-electron chi connectivity index (χ4n) is 2.57. The predicted octanol–water partition coefficient (Wildman–Crippen LogP) is 4.24. The molecular weight excluding hydrogens is 283 g/mol. The number of hydrogen-bond acceptors (Lipinski definition) is 2. The number of aliphatic hydroxyl groups is 1. The van der Waals surface area contributed by atoms with Crippen molar-refractivity contribution in [3.05, 3.63) is 28.0 Å². The summed E-state index contributed by atoms with van der Waals surface area (Å²) in [6.45, 7) is 4.80. The number of imidazole rings is 1. The molecule has 0 fully saturated rings. The van der Waals surface area contributed by atoms with Crippen molar-refractivity contribution in [3.8, 4) is 0 Å². The standard InChI is InChI=1S/C14H18Cl2N2O/c1-3-9(4-2)10-5-6-11(15)12-13(10)18(7-8-19)14(16)17-12/h5-6,9,19H,3-4,7-8H2,1-2H3. The maximum absolute atomic E-state index is 9.19. The minimum absolute atomic E-state index is 0.0278.